The Kier molecular flexibility index (Phi) is 4.74. The summed E-state index contributed by atoms with van der Waals surface area (Å²) in [7, 11) is 0. The molecule has 29 heavy (non-hydrogen) atoms. The lowest BCUT2D eigenvalue weighted by molar-refractivity contribution is 0.149. The molecule has 142 valence electrons. The lowest BCUT2D eigenvalue weighted by atomic mass is 10.0. The van der Waals surface area contributed by atoms with Gasteiger partial charge in [0.05, 0.1) is 11.8 Å². The SMILES string of the molecule is C[C@@H]1N=C(c2ccc3ccccc3c2)C=C(c2ccsc2)O[C@@H]1c1ccccc1. The van der Waals surface area contributed by atoms with Gasteiger partial charge in [0.2, 0.25) is 0 Å². The molecular weight excluding hydrogens is 374 g/mol. The molecule has 1 aliphatic rings. The standard InChI is InChI=1S/C26H21NOS/c1-18-26(20-8-3-2-4-9-20)28-25(23-13-14-29-17-23)16-24(27-18)22-12-11-19-7-5-6-10-21(19)15-22/h2-18,26H,1H3/t18-,26-/m0/s1. The van der Waals surface area contributed by atoms with Gasteiger partial charge in [-0.1, -0.05) is 66.7 Å². The predicted molar refractivity (Wildman–Crippen MR) is 123 cm³/mol. The third-order valence-electron chi connectivity index (χ3n) is 5.28. The first kappa shape index (κ1) is 17.9. The molecule has 2 nitrogen and oxygen atoms in total. The Labute approximate surface area is 174 Å². The molecule has 1 aliphatic heterocycles. The topological polar surface area (TPSA) is 21.6 Å². The Morgan fingerprint density at radius 2 is 1.62 bits per heavy atom. The predicted octanol–water partition coefficient (Wildman–Crippen LogP) is 6.89. The van der Waals surface area contributed by atoms with E-state index >= 15 is 0 Å². The third-order valence-corrected chi connectivity index (χ3v) is 5.96. The Hall–Kier alpha value is -3.17. The van der Waals surface area contributed by atoms with Crippen LogP contribution < -0.4 is 0 Å². The molecule has 3 heteroatoms. The van der Waals surface area contributed by atoms with E-state index in [4.69, 9.17) is 9.73 Å². The first-order valence-corrected chi connectivity index (χ1v) is 10.7. The van der Waals surface area contributed by atoms with Crippen molar-refractivity contribution in [2.24, 2.45) is 4.99 Å². The average Bonchev–Trinajstić information content (AvgIpc) is 3.25. The maximum atomic E-state index is 6.55. The van der Waals surface area contributed by atoms with E-state index in [0.717, 1.165) is 28.2 Å². The second-order valence-electron chi connectivity index (χ2n) is 7.29. The van der Waals surface area contributed by atoms with Crippen LogP contribution in [0.5, 0.6) is 0 Å². The molecule has 0 fully saturated rings. The van der Waals surface area contributed by atoms with Crippen LogP contribution in [0.1, 0.15) is 29.7 Å². The van der Waals surface area contributed by atoms with E-state index in [-0.39, 0.29) is 12.1 Å². The monoisotopic (exact) mass is 395 g/mol. The van der Waals surface area contributed by atoms with Crippen molar-refractivity contribution >= 4 is 33.6 Å². The summed E-state index contributed by atoms with van der Waals surface area (Å²) in [5.74, 6) is 0.872. The summed E-state index contributed by atoms with van der Waals surface area (Å²) in [5, 5.41) is 6.66. The number of nitrogens with zero attached hydrogens (tertiary/aromatic N) is 1. The summed E-state index contributed by atoms with van der Waals surface area (Å²) in [6.45, 7) is 2.13. The van der Waals surface area contributed by atoms with Crippen LogP contribution in [-0.2, 0) is 4.74 Å². The van der Waals surface area contributed by atoms with Gasteiger partial charge in [0.15, 0.2) is 0 Å². The normalized spacial score (nSPS) is 19.2. The van der Waals surface area contributed by atoms with Crippen LogP contribution in [0.3, 0.4) is 0 Å². The third kappa shape index (κ3) is 3.62. The molecule has 0 N–H and O–H groups in total. The molecule has 0 saturated carbocycles. The average molecular weight is 396 g/mol. The molecule has 5 rings (SSSR count). The Morgan fingerprint density at radius 1 is 0.828 bits per heavy atom. The Balaban J connectivity index is 1.63. The molecule has 2 heterocycles. The van der Waals surface area contributed by atoms with Crippen molar-refractivity contribution in [2.75, 3.05) is 0 Å². The van der Waals surface area contributed by atoms with Crippen molar-refractivity contribution in [2.45, 2.75) is 19.1 Å². The fourth-order valence-electron chi connectivity index (χ4n) is 3.77. The van der Waals surface area contributed by atoms with Gasteiger partial charge in [-0.3, -0.25) is 4.99 Å². The van der Waals surface area contributed by atoms with Gasteiger partial charge in [-0.25, -0.2) is 0 Å². The highest BCUT2D eigenvalue weighted by Crippen LogP contribution is 2.34. The van der Waals surface area contributed by atoms with Crippen LogP contribution in [0, 0.1) is 0 Å². The van der Waals surface area contributed by atoms with Gasteiger partial charge in [-0.05, 0) is 40.8 Å². The summed E-state index contributed by atoms with van der Waals surface area (Å²) in [5.41, 5.74) is 4.31. The first-order valence-electron chi connectivity index (χ1n) is 9.81. The highest BCUT2D eigenvalue weighted by molar-refractivity contribution is 7.08. The molecule has 2 atom stereocenters. The van der Waals surface area contributed by atoms with Crippen molar-refractivity contribution in [1.29, 1.82) is 0 Å². The zero-order chi connectivity index (χ0) is 19.6. The Morgan fingerprint density at radius 3 is 2.41 bits per heavy atom. The van der Waals surface area contributed by atoms with Crippen molar-refractivity contribution in [3.05, 3.63) is 112 Å². The zero-order valence-electron chi connectivity index (χ0n) is 16.2. The van der Waals surface area contributed by atoms with E-state index < -0.39 is 0 Å². The van der Waals surface area contributed by atoms with Crippen LogP contribution in [-0.4, -0.2) is 11.8 Å². The summed E-state index contributed by atoms with van der Waals surface area (Å²) in [6, 6.07) is 27.4. The molecule has 0 aliphatic carbocycles. The van der Waals surface area contributed by atoms with Crippen molar-refractivity contribution in [1.82, 2.24) is 0 Å². The molecule has 0 radical (unpaired) electrons. The van der Waals surface area contributed by atoms with E-state index in [1.165, 1.54) is 10.8 Å². The van der Waals surface area contributed by atoms with E-state index in [9.17, 15) is 0 Å². The Bertz CT molecular complexity index is 1190. The minimum Gasteiger partial charge on any atom is -0.483 e. The number of hydrogen-bond donors (Lipinski definition) is 0. The number of allylic oxidation sites excluding steroid dienone is 1. The van der Waals surface area contributed by atoms with Crippen LogP contribution in [0.25, 0.3) is 16.5 Å². The van der Waals surface area contributed by atoms with Gasteiger partial charge in [-0.2, -0.15) is 11.3 Å². The van der Waals surface area contributed by atoms with Gasteiger partial charge >= 0.3 is 0 Å². The van der Waals surface area contributed by atoms with Gasteiger partial charge in [0.25, 0.3) is 0 Å². The molecule has 4 aromatic rings. The molecule has 0 unspecified atom stereocenters. The number of rotatable bonds is 3. The number of fused-ring (bicyclic) bond motifs is 1. The minimum atomic E-state index is -0.125. The first-order chi connectivity index (χ1) is 14.3. The quantitative estimate of drug-likeness (QED) is 0.370. The van der Waals surface area contributed by atoms with Crippen LogP contribution in [0.15, 0.2) is 101 Å². The smallest absolute Gasteiger partial charge is 0.146 e. The van der Waals surface area contributed by atoms with E-state index in [1.54, 1.807) is 11.3 Å². The van der Waals surface area contributed by atoms with Gasteiger partial charge in [-0.15, -0.1) is 0 Å². The number of ether oxygens (including phenoxy) is 1. The number of thiophene rings is 1. The second-order valence-corrected chi connectivity index (χ2v) is 8.07. The van der Waals surface area contributed by atoms with Crippen molar-refractivity contribution in [3.8, 4) is 0 Å². The molecule has 1 aromatic heterocycles. The zero-order valence-corrected chi connectivity index (χ0v) is 17.0. The molecule has 0 saturated heterocycles. The second kappa shape index (κ2) is 7.69. The summed E-state index contributed by atoms with van der Waals surface area (Å²) < 4.78 is 6.55. The van der Waals surface area contributed by atoms with Gasteiger partial charge in [0.1, 0.15) is 11.9 Å². The highest BCUT2D eigenvalue weighted by Gasteiger charge is 2.26. The largest absolute Gasteiger partial charge is 0.483 e. The molecular formula is C26H21NOS. The van der Waals surface area contributed by atoms with Gasteiger partial charge in [0, 0.05) is 22.6 Å². The fraction of sp³-hybridized carbons (Fsp3) is 0.115. The lowest BCUT2D eigenvalue weighted by Crippen LogP contribution is -2.16. The molecule has 3 aromatic carbocycles. The van der Waals surface area contributed by atoms with Crippen molar-refractivity contribution in [3.63, 3.8) is 0 Å². The van der Waals surface area contributed by atoms with Crippen LogP contribution >= 0.6 is 11.3 Å². The minimum absolute atomic E-state index is 0.00810. The number of hydrogen-bond acceptors (Lipinski definition) is 3. The van der Waals surface area contributed by atoms with Crippen LogP contribution in [0.4, 0.5) is 0 Å². The summed E-state index contributed by atoms with van der Waals surface area (Å²) >= 11 is 1.68. The molecule has 0 spiro atoms. The van der Waals surface area contributed by atoms with Crippen LogP contribution in [0.2, 0.25) is 0 Å². The number of aliphatic imine (C=N–C) groups is 1. The maximum Gasteiger partial charge on any atom is 0.146 e. The lowest BCUT2D eigenvalue weighted by Gasteiger charge is -2.22. The highest BCUT2D eigenvalue weighted by atomic mass is 32.1. The molecule has 0 bridgehead atoms. The van der Waals surface area contributed by atoms with Gasteiger partial charge < -0.3 is 4.74 Å². The number of benzene rings is 3. The van der Waals surface area contributed by atoms with E-state index in [2.05, 4.69) is 96.6 Å². The molecule has 0 amide bonds. The summed E-state index contributed by atoms with van der Waals surface area (Å²) in [4.78, 5) is 5.09. The maximum absolute atomic E-state index is 6.55. The summed E-state index contributed by atoms with van der Waals surface area (Å²) in [6.07, 6.45) is 1.96. The fourth-order valence-corrected chi connectivity index (χ4v) is 4.41. The van der Waals surface area contributed by atoms with Crippen molar-refractivity contribution < 1.29 is 4.74 Å². The van der Waals surface area contributed by atoms with E-state index in [1.807, 2.05) is 6.07 Å². The van der Waals surface area contributed by atoms with E-state index in [0.29, 0.717) is 0 Å².